The van der Waals surface area contributed by atoms with E-state index in [-0.39, 0.29) is 6.61 Å². The molecule has 2 aromatic carbocycles. The van der Waals surface area contributed by atoms with Crippen LogP contribution in [0.3, 0.4) is 0 Å². The van der Waals surface area contributed by atoms with Crippen LogP contribution in [0.1, 0.15) is 55.9 Å². The molecular weight excluding hydrogens is 468 g/mol. The van der Waals surface area contributed by atoms with Crippen molar-refractivity contribution in [1.82, 2.24) is 0 Å². The van der Waals surface area contributed by atoms with Crippen molar-refractivity contribution in [2.45, 2.75) is 40.2 Å². The fraction of sp³-hybridized carbons (Fsp3) is 0.300. The molecule has 1 aliphatic rings. The number of hydrogen-bond acceptors (Lipinski definition) is 7. The Morgan fingerprint density at radius 1 is 0.973 bits per heavy atom. The summed E-state index contributed by atoms with van der Waals surface area (Å²) in [6.45, 7) is 6.33. The van der Waals surface area contributed by atoms with E-state index in [0.29, 0.717) is 22.6 Å². The lowest BCUT2D eigenvalue weighted by Gasteiger charge is -2.17. The second kappa shape index (κ2) is 13.3. The molecule has 1 aliphatic carbocycles. The predicted molar refractivity (Wildman–Crippen MR) is 147 cm³/mol. The van der Waals surface area contributed by atoms with Crippen LogP contribution in [0.15, 0.2) is 82.3 Å². The molecule has 0 saturated carbocycles. The van der Waals surface area contributed by atoms with Gasteiger partial charge in [0.2, 0.25) is 0 Å². The molecule has 0 aliphatic heterocycles. The number of ether oxygens (including phenoxy) is 2. The third kappa shape index (κ3) is 6.97. The summed E-state index contributed by atoms with van der Waals surface area (Å²) in [6.07, 6.45) is 5.62. The number of oxime groups is 2. The minimum Gasteiger partial charge on any atom is -0.503 e. The smallest absolute Gasteiger partial charge is 0.341 e. The molecule has 7 heteroatoms. The third-order valence-corrected chi connectivity index (χ3v) is 6.26. The van der Waals surface area contributed by atoms with Gasteiger partial charge in [0, 0.05) is 11.1 Å². The number of esters is 1. The van der Waals surface area contributed by atoms with Crippen LogP contribution in [0.5, 0.6) is 0 Å². The lowest BCUT2D eigenvalue weighted by atomic mass is 9.89. The zero-order valence-electron chi connectivity index (χ0n) is 22.3. The average molecular weight is 503 g/mol. The first-order valence-corrected chi connectivity index (χ1v) is 12.0. The van der Waals surface area contributed by atoms with Gasteiger partial charge in [-0.15, -0.1) is 0 Å². The summed E-state index contributed by atoms with van der Waals surface area (Å²) >= 11 is 0. The molecule has 7 nitrogen and oxygen atoms in total. The second-order valence-corrected chi connectivity index (χ2v) is 8.74. The van der Waals surface area contributed by atoms with Crippen molar-refractivity contribution in [2.24, 2.45) is 10.3 Å². The Hall–Kier alpha value is -4.13. The topological polar surface area (TPSA) is 78.7 Å². The summed E-state index contributed by atoms with van der Waals surface area (Å²) in [5, 5.41) is 8.46. The molecule has 0 unspecified atom stereocenters. The molecule has 0 spiro atoms. The summed E-state index contributed by atoms with van der Waals surface area (Å²) < 4.78 is 9.97. The summed E-state index contributed by atoms with van der Waals surface area (Å²) in [5.74, 6) is -0.503. The minimum atomic E-state index is -0.503. The van der Waals surface area contributed by atoms with Gasteiger partial charge < -0.3 is 19.1 Å². The van der Waals surface area contributed by atoms with Crippen molar-refractivity contribution in [3.8, 4) is 0 Å². The molecule has 0 amide bonds. The van der Waals surface area contributed by atoms with Crippen molar-refractivity contribution in [1.29, 1.82) is 0 Å². The standard InChI is InChI=1S/C30H34N2O5/c1-20-11-12-25(17-21(20)2)23-13-15-24(16-14-23)29(32-36-6)22(3)31-37-18-26-9-7-8-10-27(26)28(19-34-4)30(33)35-5/h7-10,12-16,19H,11,17-18H2,1-6H3. The van der Waals surface area contributed by atoms with Crippen LogP contribution in [0.2, 0.25) is 0 Å². The Kier molecular flexibility index (Phi) is 9.84. The highest BCUT2D eigenvalue weighted by Gasteiger charge is 2.17. The molecule has 0 heterocycles. The quantitative estimate of drug-likeness (QED) is 0.0951. The zero-order valence-corrected chi connectivity index (χ0v) is 22.3. The number of carbonyl (C=O) groups is 1. The first-order valence-electron chi connectivity index (χ1n) is 12.0. The van der Waals surface area contributed by atoms with Crippen LogP contribution in [-0.2, 0) is 30.6 Å². The Morgan fingerprint density at radius 3 is 2.35 bits per heavy atom. The molecule has 2 aromatic rings. The molecule has 0 N–H and O–H groups in total. The highest BCUT2D eigenvalue weighted by molar-refractivity contribution is 6.47. The number of methoxy groups -OCH3 is 2. The first kappa shape index (κ1) is 27.5. The van der Waals surface area contributed by atoms with Gasteiger partial charge in [-0.2, -0.15) is 0 Å². The van der Waals surface area contributed by atoms with Crippen LogP contribution in [0.25, 0.3) is 11.1 Å². The van der Waals surface area contributed by atoms with E-state index in [4.69, 9.17) is 19.1 Å². The predicted octanol–water partition coefficient (Wildman–Crippen LogP) is 6.30. The molecule has 0 radical (unpaired) electrons. The van der Waals surface area contributed by atoms with Crippen LogP contribution in [0, 0.1) is 0 Å². The second-order valence-electron chi connectivity index (χ2n) is 8.74. The number of rotatable bonds is 10. The molecule has 3 rings (SSSR count). The summed E-state index contributed by atoms with van der Waals surface area (Å²) in [6, 6.07) is 15.6. The SMILES string of the molecule is COC=C(C(=O)OC)c1ccccc1CON=C(C)C(=NOC)c1ccc(C2=CCC(C)=C(C)C2)cc1. The van der Waals surface area contributed by atoms with E-state index >= 15 is 0 Å². The fourth-order valence-corrected chi connectivity index (χ4v) is 4.04. The van der Waals surface area contributed by atoms with Gasteiger partial charge in [0.1, 0.15) is 30.7 Å². The van der Waals surface area contributed by atoms with Gasteiger partial charge in [-0.1, -0.05) is 76.1 Å². The average Bonchev–Trinajstić information content (AvgIpc) is 2.92. The van der Waals surface area contributed by atoms with Crippen molar-refractivity contribution in [2.75, 3.05) is 21.3 Å². The Balaban J connectivity index is 1.77. The minimum absolute atomic E-state index is 0.130. The maximum atomic E-state index is 12.2. The van der Waals surface area contributed by atoms with Gasteiger partial charge in [-0.05, 0) is 50.3 Å². The lowest BCUT2D eigenvalue weighted by Crippen LogP contribution is -2.14. The largest absolute Gasteiger partial charge is 0.503 e. The maximum absolute atomic E-state index is 12.2. The molecule has 0 fully saturated rings. The van der Waals surface area contributed by atoms with Crippen molar-refractivity contribution >= 4 is 28.5 Å². The van der Waals surface area contributed by atoms with Crippen LogP contribution in [0.4, 0.5) is 0 Å². The molecule has 194 valence electrons. The normalized spacial score (nSPS) is 14.8. The van der Waals surface area contributed by atoms with E-state index in [0.717, 1.165) is 24.0 Å². The van der Waals surface area contributed by atoms with Gasteiger partial charge in [-0.3, -0.25) is 0 Å². The van der Waals surface area contributed by atoms with E-state index in [9.17, 15) is 4.79 Å². The van der Waals surface area contributed by atoms with Crippen LogP contribution >= 0.6 is 0 Å². The van der Waals surface area contributed by atoms with E-state index in [2.05, 4.69) is 42.4 Å². The Morgan fingerprint density at radius 2 is 1.70 bits per heavy atom. The molecule has 0 bridgehead atoms. The van der Waals surface area contributed by atoms with Crippen molar-refractivity contribution in [3.05, 3.63) is 94.3 Å². The Labute approximate surface area is 218 Å². The molecule has 0 saturated heterocycles. The summed E-state index contributed by atoms with van der Waals surface area (Å²) in [5.41, 5.74) is 9.08. The van der Waals surface area contributed by atoms with Gasteiger partial charge >= 0.3 is 5.97 Å². The lowest BCUT2D eigenvalue weighted by molar-refractivity contribution is -0.133. The third-order valence-electron chi connectivity index (χ3n) is 6.26. The van der Waals surface area contributed by atoms with Crippen molar-refractivity contribution < 1.29 is 23.9 Å². The van der Waals surface area contributed by atoms with E-state index in [1.807, 2.05) is 37.3 Å². The molecule has 37 heavy (non-hydrogen) atoms. The fourth-order valence-electron chi connectivity index (χ4n) is 4.04. The summed E-state index contributed by atoms with van der Waals surface area (Å²) in [7, 11) is 4.30. The highest BCUT2D eigenvalue weighted by Crippen LogP contribution is 2.30. The van der Waals surface area contributed by atoms with Crippen molar-refractivity contribution in [3.63, 3.8) is 0 Å². The molecule has 0 aromatic heterocycles. The van der Waals surface area contributed by atoms with E-state index in [1.165, 1.54) is 49.9 Å². The number of carbonyl (C=O) groups excluding carboxylic acids is 1. The summed E-state index contributed by atoms with van der Waals surface area (Å²) in [4.78, 5) is 23.0. The molecular formula is C30H34N2O5. The maximum Gasteiger partial charge on any atom is 0.341 e. The highest BCUT2D eigenvalue weighted by atomic mass is 16.6. The van der Waals surface area contributed by atoms with Crippen LogP contribution < -0.4 is 0 Å². The van der Waals surface area contributed by atoms with Gasteiger partial charge in [0.05, 0.1) is 20.5 Å². The number of hydrogen-bond donors (Lipinski definition) is 0. The van der Waals surface area contributed by atoms with E-state index in [1.54, 1.807) is 6.07 Å². The Bertz CT molecular complexity index is 1270. The molecule has 0 atom stereocenters. The van der Waals surface area contributed by atoms with Gasteiger partial charge in [0.25, 0.3) is 0 Å². The zero-order chi connectivity index (χ0) is 26.8. The van der Waals surface area contributed by atoms with Gasteiger partial charge in [0.15, 0.2) is 0 Å². The number of benzene rings is 2. The number of allylic oxidation sites excluding steroid dienone is 4. The number of nitrogens with zero attached hydrogens (tertiary/aromatic N) is 2. The van der Waals surface area contributed by atoms with E-state index < -0.39 is 5.97 Å². The monoisotopic (exact) mass is 502 g/mol. The van der Waals surface area contributed by atoms with Gasteiger partial charge in [-0.25, -0.2) is 4.79 Å². The van der Waals surface area contributed by atoms with Crippen LogP contribution in [-0.4, -0.2) is 38.7 Å². The first-order chi connectivity index (χ1) is 17.9.